The Morgan fingerprint density at radius 3 is 2.29 bits per heavy atom. The van der Waals surface area contributed by atoms with Crippen molar-refractivity contribution in [3.05, 3.63) is 11.6 Å². The molecule has 4 aliphatic carbocycles. The second-order valence-electron chi connectivity index (χ2n) is 18.5. The molecule has 0 radical (unpaired) electrons. The summed E-state index contributed by atoms with van der Waals surface area (Å²) in [5, 5.41) is 75.3. The summed E-state index contributed by atoms with van der Waals surface area (Å²) in [4.78, 5) is 2.86. The molecule has 0 unspecified atom stereocenters. The Labute approximate surface area is 302 Å². The Balaban J connectivity index is 0.941. The van der Waals surface area contributed by atoms with E-state index < -0.39 is 68.0 Å². The van der Waals surface area contributed by atoms with Crippen molar-refractivity contribution < 1.29 is 54.7 Å². The van der Waals surface area contributed by atoms with Gasteiger partial charge in [-0.15, -0.1) is 0 Å². The molecule has 51 heavy (non-hydrogen) atoms. The van der Waals surface area contributed by atoms with Gasteiger partial charge in [0.15, 0.2) is 12.6 Å². The summed E-state index contributed by atoms with van der Waals surface area (Å²) in [6.07, 6.45) is -3.65. The van der Waals surface area contributed by atoms with E-state index in [4.69, 9.17) is 18.9 Å². The van der Waals surface area contributed by atoms with Crippen molar-refractivity contribution in [3.8, 4) is 0 Å². The van der Waals surface area contributed by atoms with Crippen LogP contribution in [0.5, 0.6) is 0 Å². The average Bonchev–Trinajstić information content (AvgIpc) is 3.58. The summed E-state index contributed by atoms with van der Waals surface area (Å²) in [6.45, 7) is 11.8. The van der Waals surface area contributed by atoms with Gasteiger partial charge in [0.1, 0.15) is 42.7 Å². The summed E-state index contributed by atoms with van der Waals surface area (Å²) >= 11 is 0. The maximum absolute atomic E-state index is 12.2. The molecule has 3 saturated carbocycles. The lowest BCUT2D eigenvalue weighted by Gasteiger charge is -2.60. The molecule has 0 amide bonds. The molecule has 290 valence electrons. The van der Waals surface area contributed by atoms with Crippen molar-refractivity contribution in [1.29, 1.82) is 0 Å². The quantitative estimate of drug-likeness (QED) is 0.203. The highest BCUT2D eigenvalue weighted by atomic mass is 16.7. The summed E-state index contributed by atoms with van der Waals surface area (Å²) in [5.74, 6) is 3.34. The number of piperidine rings is 1. The fourth-order valence-corrected chi connectivity index (χ4v) is 13.2. The van der Waals surface area contributed by atoms with Crippen LogP contribution in [0.1, 0.15) is 86.0 Å². The minimum Gasteiger partial charge on any atom is -0.394 e. The molecule has 22 atom stereocenters. The number of nitrogens with zero attached hydrogens (tertiary/aromatic N) is 1. The van der Waals surface area contributed by atoms with Gasteiger partial charge < -0.3 is 54.7 Å². The molecule has 0 aromatic rings. The van der Waals surface area contributed by atoms with Crippen molar-refractivity contribution in [2.24, 2.45) is 46.3 Å². The molecule has 7 N–H and O–H groups in total. The van der Waals surface area contributed by atoms with E-state index in [9.17, 15) is 35.7 Å². The molecule has 8 aliphatic rings. The van der Waals surface area contributed by atoms with E-state index in [1.54, 1.807) is 0 Å². The molecule has 12 nitrogen and oxygen atoms in total. The third-order valence-corrected chi connectivity index (χ3v) is 16.0. The molecule has 0 aromatic carbocycles. The van der Waals surface area contributed by atoms with Gasteiger partial charge in [0.2, 0.25) is 0 Å². The summed E-state index contributed by atoms with van der Waals surface area (Å²) in [6, 6.07) is 1.24. The van der Waals surface area contributed by atoms with Crippen LogP contribution in [0.25, 0.3) is 0 Å². The van der Waals surface area contributed by atoms with Crippen LogP contribution in [0.2, 0.25) is 0 Å². The van der Waals surface area contributed by atoms with E-state index >= 15 is 0 Å². The highest BCUT2D eigenvalue weighted by Crippen LogP contribution is 2.70. The standard InChI is InChI=1S/C39H63NO11/c1-17-6-9-25-18(2)29-26(40(25)15-17)13-24-22-8-7-20-12-21(10-11-38(20,4)23(22)14-28(42)39(24,29)5)49-37-34(47)32(45)35(27(16-41)50-37)51-36-33(46)31(44)30(43)19(3)48-36/h7,17-19,21-37,41-47H,6,8-16H2,1-5H3/t17-,18+,19+,21-,22+,23-,24-,25+,26-,27-,28-,29-,30-,31-,32+,33-,34-,35-,36+,37-,38+,39+/m0/s1. The Hall–Kier alpha value is -0.740. The molecule has 0 spiro atoms. The Morgan fingerprint density at radius 2 is 1.55 bits per heavy atom. The van der Waals surface area contributed by atoms with E-state index in [2.05, 4.69) is 38.7 Å². The van der Waals surface area contributed by atoms with E-state index in [1.165, 1.54) is 38.3 Å². The fraction of sp³-hybridized carbons (Fsp3) is 0.949. The van der Waals surface area contributed by atoms with E-state index in [0.29, 0.717) is 48.1 Å². The highest BCUT2D eigenvalue weighted by molar-refractivity contribution is 5.28. The third-order valence-electron chi connectivity index (χ3n) is 16.0. The van der Waals surface area contributed by atoms with Crippen LogP contribution in [0.4, 0.5) is 0 Å². The van der Waals surface area contributed by atoms with Crippen molar-refractivity contribution in [1.82, 2.24) is 4.90 Å². The lowest BCUT2D eigenvalue weighted by molar-refractivity contribution is -0.360. The van der Waals surface area contributed by atoms with Crippen LogP contribution >= 0.6 is 0 Å². The molecular formula is C39H63NO11. The van der Waals surface area contributed by atoms with Crippen LogP contribution in [0.3, 0.4) is 0 Å². The second-order valence-corrected chi connectivity index (χ2v) is 18.5. The lowest BCUT2D eigenvalue weighted by Crippen LogP contribution is -2.64. The zero-order valence-corrected chi connectivity index (χ0v) is 30.9. The van der Waals surface area contributed by atoms with Crippen molar-refractivity contribution in [3.63, 3.8) is 0 Å². The van der Waals surface area contributed by atoms with Crippen LogP contribution in [-0.2, 0) is 18.9 Å². The fourth-order valence-electron chi connectivity index (χ4n) is 13.2. The van der Waals surface area contributed by atoms with E-state index in [-0.39, 0.29) is 23.0 Å². The number of allylic oxidation sites excluding steroid dienone is 1. The van der Waals surface area contributed by atoms with Gasteiger partial charge in [-0.3, -0.25) is 4.90 Å². The van der Waals surface area contributed by atoms with Crippen molar-refractivity contribution in [2.45, 2.75) is 172 Å². The smallest absolute Gasteiger partial charge is 0.187 e. The second kappa shape index (κ2) is 13.5. The van der Waals surface area contributed by atoms with Crippen LogP contribution in [-0.4, -0.2) is 140 Å². The first-order chi connectivity index (χ1) is 24.2. The monoisotopic (exact) mass is 721 g/mol. The number of rotatable bonds is 5. The lowest BCUT2D eigenvalue weighted by atomic mass is 9.46. The van der Waals surface area contributed by atoms with Crippen LogP contribution in [0, 0.1) is 46.3 Å². The molecule has 0 aromatic heterocycles. The topological polar surface area (TPSA) is 182 Å². The number of hydrogen-bond donors (Lipinski definition) is 7. The van der Waals surface area contributed by atoms with E-state index in [1.807, 2.05) is 0 Å². The molecule has 12 heteroatoms. The maximum Gasteiger partial charge on any atom is 0.187 e. The molecule has 8 rings (SSSR count). The molecular weight excluding hydrogens is 658 g/mol. The normalized spacial score (nSPS) is 58.5. The molecule has 4 saturated heterocycles. The van der Waals surface area contributed by atoms with E-state index in [0.717, 1.165) is 31.6 Å². The summed E-state index contributed by atoms with van der Waals surface area (Å²) in [5.41, 5.74) is 1.23. The Bertz CT molecular complexity index is 1320. The first-order valence-electron chi connectivity index (χ1n) is 19.9. The third kappa shape index (κ3) is 5.67. The first-order valence-corrected chi connectivity index (χ1v) is 19.9. The van der Waals surface area contributed by atoms with Crippen LogP contribution in [0.15, 0.2) is 11.6 Å². The van der Waals surface area contributed by atoms with Gasteiger partial charge >= 0.3 is 0 Å². The van der Waals surface area contributed by atoms with Gasteiger partial charge in [-0.2, -0.15) is 0 Å². The largest absolute Gasteiger partial charge is 0.394 e. The maximum atomic E-state index is 12.2. The average molecular weight is 722 g/mol. The summed E-state index contributed by atoms with van der Waals surface area (Å²) in [7, 11) is 0. The number of fused-ring (bicyclic) bond motifs is 9. The van der Waals surface area contributed by atoms with Gasteiger partial charge in [-0.25, -0.2) is 0 Å². The van der Waals surface area contributed by atoms with Crippen LogP contribution < -0.4 is 0 Å². The number of hydrogen-bond acceptors (Lipinski definition) is 12. The van der Waals surface area contributed by atoms with Gasteiger partial charge in [0.05, 0.1) is 24.9 Å². The molecule has 0 bridgehead atoms. The predicted octanol–water partition coefficient (Wildman–Crippen LogP) is 1.30. The van der Waals surface area contributed by atoms with Gasteiger partial charge in [0, 0.05) is 24.0 Å². The zero-order valence-electron chi connectivity index (χ0n) is 30.9. The summed E-state index contributed by atoms with van der Waals surface area (Å²) < 4.78 is 23.6. The predicted molar refractivity (Wildman–Crippen MR) is 184 cm³/mol. The number of aliphatic hydroxyl groups excluding tert-OH is 7. The van der Waals surface area contributed by atoms with Gasteiger partial charge in [-0.05, 0) is 99.2 Å². The Morgan fingerprint density at radius 1 is 0.824 bits per heavy atom. The highest BCUT2D eigenvalue weighted by Gasteiger charge is 2.69. The first kappa shape index (κ1) is 37.2. The van der Waals surface area contributed by atoms with Gasteiger partial charge in [-0.1, -0.05) is 39.3 Å². The number of ether oxygens (including phenoxy) is 4. The SMILES string of the molecule is C[C@H]1CC[C@@H]2[C@@H](C)[C@H]3[C@H](C[C@H]4[C@@H]5CC=C6C[C@@H](O[C@H]7O[C@@H](CO)[C@H](O[C@H]8O[C@H](C)[C@H](O)[C@H](O)[C@@H]8O)[C@H](O)[C@@H]7O)CC[C@@]6(C)[C@H]5C[C@H](O)[C@]34C)N2C1. The molecule has 4 heterocycles. The minimum atomic E-state index is -1.62. The van der Waals surface area contributed by atoms with Crippen molar-refractivity contribution in [2.75, 3.05) is 13.2 Å². The molecule has 7 fully saturated rings. The van der Waals surface area contributed by atoms with Crippen molar-refractivity contribution >= 4 is 0 Å². The minimum absolute atomic E-state index is 0.0508. The number of aliphatic hydroxyl groups is 7. The van der Waals surface area contributed by atoms with Gasteiger partial charge in [0.25, 0.3) is 0 Å². The molecule has 4 aliphatic heterocycles. The zero-order chi connectivity index (χ0) is 36.3. The Kier molecular flexibility index (Phi) is 9.83.